The van der Waals surface area contributed by atoms with Crippen LogP contribution in [-0.2, 0) is 16.6 Å². The van der Waals surface area contributed by atoms with Crippen LogP contribution in [0.25, 0.3) is 0 Å². The summed E-state index contributed by atoms with van der Waals surface area (Å²) in [6.45, 7) is 1.93. The Morgan fingerprint density at radius 2 is 2.00 bits per heavy atom. The lowest BCUT2D eigenvalue weighted by Crippen LogP contribution is -2.26. The Hall–Kier alpha value is -1.70. The van der Waals surface area contributed by atoms with E-state index in [0.29, 0.717) is 11.3 Å². The third kappa shape index (κ3) is 3.24. The molecular weight excluding hydrogens is 281 g/mol. The summed E-state index contributed by atoms with van der Waals surface area (Å²) in [4.78, 5) is 2.92. The van der Waals surface area contributed by atoms with Gasteiger partial charge in [-0.15, -0.1) is 0 Å². The second kappa shape index (κ2) is 5.74. The lowest BCUT2D eigenvalue weighted by atomic mass is 10.1. The molecule has 4 N–H and O–H groups in total. The van der Waals surface area contributed by atoms with E-state index in [9.17, 15) is 12.8 Å². The molecule has 0 aliphatic heterocycles. The number of benzene rings is 1. The maximum absolute atomic E-state index is 12.8. The fourth-order valence-electron chi connectivity index (χ4n) is 1.81. The number of hydrogen-bond donors (Lipinski definition) is 3. The van der Waals surface area contributed by atoms with Gasteiger partial charge in [-0.2, -0.15) is 0 Å². The third-order valence-electron chi connectivity index (χ3n) is 2.95. The van der Waals surface area contributed by atoms with E-state index in [2.05, 4.69) is 9.71 Å². The minimum atomic E-state index is -3.64. The molecule has 2 aromatic rings. The molecule has 0 radical (unpaired) electrons. The van der Waals surface area contributed by atoms with Gasteiger partial charge in [0.15, 0.2) is 0 Å². The zero-order chi connectivity index (χ0) is 14.8. The Bertz CT molecular complexity index is 680. The largest absolute Gasteiger partial charge is 0.363 e. The molecular formula is C13H16FN3O2S. The van der Waals surface area contributed by atoms with Crippen LogP contribution in [0.1, 0.15) is 24.2 Å². The zero-order valence-corrected chi connectivity index (χ0v) is 11.7. The predicted octanol–water partition coefficient (Wildman–Crippen LogP) is 1.65. The van der Waals surface area contributed by atoms with Gasteiger partial charge in [-0.05, 0) is 30.7 Å². The number of aromatic nitrogens is 1. The van der Waals surface area contributed by atoms with Gasteiger partial charge in [0.2, 0.25) is 10.0 Å². The predicted molar refractivity (Wildman–Crippen MR) is 73.8 cm³/mol. The van der Waals surface area contributed by atoms with Crippen molar-refractivity contribution in [2.75, 3.05) is 0 Å². The number of aromatic amines is 1. The molecule has 0 saturated heterocycles. The van der Waals surface area contributed by atoms with Crippen molar-refractivity contribution in [1.29, 1.82) is 0 Å². The number of nitrogens with two attached hydrogens (primary N) is 1. The molecule has 7 heteroatoms. The van der Waals surface area contributed by atoms with Crippen molar-refractivity contribution >= 4 is 10.0 Å². The van der Waals surface area contributed by atoms with Crippen molar-refractivity contribution in [2.45, 2.75) is 24.4 Å². The molecule has 0 fully saturated rings. The van der Waals surface area contributed by atoms with Gasteiger partial charge in [-0.1, -0.05) is 12.1 Å². The Kier molecular flexibility index (Phi) is 4.22. The molecule has 2 rings (SSSR count). The average Bonchev–Trinajstić information content (AvgIpc) is 2.88. The van der Waals surface area contributed by atoms with E-state index in [1.54, 1.807) is 19.1 Å². The lowest BCUT2D eigenvalue weighted by Gasteiger charge is -2.13. The first-order valence-corrected chi connectivity index (χ1v) is 7.56. The summed E-state index contributed by atoms with van der Waals surface area (Å²) >= 11 is 0. The first kappa shape index (κ1) is 14.7. The fourth-order valence-corrected chi connectivity index (χ4v) is 3.06. The molecule has 1 unspecified atom stereocenters. The monoisotopic (exact) mass is 297 g/mol. The van der Waals surface area contributed by atoms with Crippen LogP contribution >= 0.6 is 0 Å². The highest BCUT2D eigenvalue weighted by atomic mass is 32.2. The third-order valence-corrected chi connectivity index (χ3v) is 4.47. The van der Waals surface area contributed by atoms with Gasteiger partial charge in [0, 0.05) is 24.5 Å². The number of hydrogen-bond acceptors (Lipinski definition) is 3. The lowest BCUT2D eigenvalue weighted by molar-refractivity contribution is 0.566. The molecule has 0 saturated carbocycles. The second-order valence-corrected chi connectivity index (χ2v) is 6.17. The van der Waals surface area contributed by atoms with E-state index < -0.39 is 16.1 Å². The van der Waals surface area contributed by atoms with Crippen LogP contribution in [0.3, 0.4) is 0 Å². The van der Waals surface area contributed by atoms with E-state index in [4.69, 9.17) is 5.73 Å². The van der Waals surface area contributed by atoms with Crippen LogP contribution in [0.2, 0.25) is 0 Å². The van der Waals surface area contributed by atoms with E-state index in [1.165, 1.54) is 24.4 Å². The Labute approximate surface area is 117 Å². The standard InChI is InChI=1S/C13H16FN3O2S/c1-9(10-2-4-11(14)5-3-10)17-20(18,19)13-6-12(7-15)16-8-13/h2-6,8-9,16-17H,7,15H2,1H3. The molecule has 108 valence electrons. The van der Waals surface area contributed by atoms with Crippen LogP contribution in [-0.4, -0.2) is 13.4 Å². The summed E-state index contributed by atoms with van der Waals surface area (Å²) in [7, 11) is -3.64. The highest BCUT2D eigenvalue weighted by molar-refractivity contribution is 7.89. The second-order valence-electron chi connectivity index (χ2n) is 4.46. The van der Waals surface area contributed by atoms with Crippen molar-refractivity contribution in [3.63, 3.8) is 0 Å². The van der Waals surface area contributed by atoms with E-state index in [1.807, 2.05) is 0 Å². The number of H-pyrrole nitrogens is 1. The van der Waals surface area contributed by atoms with Crippen molar-refractivity contribution in [2.24, 2.45) is 5.73 Å². The number of sulfonamides is 1. The van der Waals surface area contributed by atoms with Crippen molar-refractivity contribution in [3.8, 4) is 0 Å². The minimum absolute atomic E-state index is 0.131. The highest BCUT2D eigenvalue weighted by Crippen LogP contribution is 2.17. The molecule has 20 heavy (non-hydrogen) atoms. The first-order chi connectivity index (χ1) is 9.42. The van der Waals surface area contributed by atoms with Gasteiger partial charge in [0.05, 0.1) is 4.90 Å². The average molecular weight is 297 g/mol. The van der Waals surface area contributed by atoms with E-state index >= 15 is 0 Å². The summed E-state index contributed by atoms with van der Waals surface area (Å²) < 4.78 is 39.7. The van der Waals surface area contributed by atoms with E-state index in [-0.39, 0.29) is 17.3 Å². The topological polar surface area (TPSA) is 88.0 Å². The van der Waals surface area contributed by atoms with Gasteiger partial charge in [-0.25, -0.2) is 17.5 Å². The van der Waals surface area contributed by atoms with Gasteiger partial charge in [-0.3, -0.25) is 0 Å². The zero-order valence-electron chi connectivity index (χ0n) is 10.9. The Balaban J connectivity index is 2.17. The summed E-state index contributed by atoms with van der Waals surface area (Å²) in [6.07, 6.45) is 1.39. The number of halogens is 1. The maximum Gasteiger partial charge on any atom is 0.242 e. The van der Waals surface area contributed by atoms with Crippen molar-refractivity contribution < 1.29 is 12.8 Å². The molecule has 0 aliphatic rings. The molecule has 5 nitrogen and oxygen atoms in total. The molecule has 0 spiro atoms. The molecule has 0 amide bonds. The number of nitrogens with one attached hydrogen (secondary N) is 2. The Morgan fingerprint density at radius 1 is 1.35 bits per heavy atom. The van der Waals surface area contributed by atoms with Gasteiger partial charge in [0.1, 0.15) is 5.82 Å². The quantitative estimate of drug-likeness (QED) is 0.784. The van der Waals surface area contributed by atoms with Gasteiger partial charge in [0.25, 0.3) is 0 Å². The molecule has 1 atom stereocenters. The van der Waals surface area contributed by atoms with Crippen molar-refractivity contribution in [3.05, 3.63) is 53.6 Å². The SMILES string of the molecule is CC(NS(=O)(=O)c1c[nH]c(CN)c1)c1ccc(F)cc1. The van der Waals surface area contributed by atoms with Crippen LogP contribution < -0.4 is 10.5 Å². The molecule has 0 aliphatic carbocycles. The first-order valence-electron chi connectivity index (χ1n) is 6.07. The summed E-state index contributed by atoms with van der Waals surface area (Å²) in [5, 5.41) is 0. The molecule has 0 bridgehead atoms. The van der Waals surface area contributed by atoms with Crippen LogP contribution in [0.5, 0.6) is 0 Å². The molecule has 1 heterocycles. The Morgan fingerprint density at radius 3 is 2.55 bits per heavy atom. The van der Waals surface area contributed by atoms with E-state index in [0.717, 1.165) is 0 Å². The smallest absolute Gasteiger partial charge is 0.242 e. The summed E-state index contributed by atoms with van der Waals surface area (Å²) in [5.74, 6) is -0.359. The van der Waals surface area contributed by atoms with Crippen LogP contribution in [0, 0.1) is 5.82 Å². The van der Waals surface area contributed by atoms with Crippen LogP contribution in [0.4, 0.5) is 4.39 Å². The summed E-state index contributed by atoms with van der Waals surface area (Å²) in [5.41, 5.74) is 6.75. The van der Waals surface area contributed by atoms with Gasteiger partial charge >= 0.3 is 0 Å². The highest BCUT2D eigenvalue weighted by Gasteiger charge is 2.19. The van der Waals surface area contributed by atoms with Crippen molar-refractivity contribution in [1.82, 2.24) is 9.71 Å². The normalized spacial score (nSPS) is 13.3. The maximum atomic E-state index is 12.8. The molecule has 1 aromatic heterocycles. The van der Waals surface area contributed by atoms with Crippen LogP contribution in [0.15, 0.2) is 41.4 Å². The molecule has 1 aromatic carbocycles. The fraction of sp³-hybridized carbons (Fsp3) is 0.231. The number of rotatable bonds is 5. The summed E-state index contributed by atoms with van der Waals surface area (Å²) in [6, 6.07) is 6.71. The minimum Gasteiger partial charge on any atom is -0.363 e. The van der Waals surface area contributed by atoms with Gasteiger partial charge < -0.3 is 10.7 Å².